The zero-order chi connectivity index (χ0) is 12.6. The predicted octanol–water partition coefficient (Wildman–Crippen LogP) is 3.14. The number of carboxylic acids is 1. The fraction of sp³-hybridized carbons (Fsp3) is 0.923. The van der Waals surface area contributed by atoms with Crippen LogP contribution < -0.4 is 0 Å². The number of hydrogen-bond acceptors (Lipinski definition) is 2. The van der Waals surface area contributed by atoms with Crippen LogP contribution in [0.3, 0.4) is 0 Å². The van der Waals surface area contributed by atoms with Gasteiger partial charge in [0.1, 0.15) is 0 Å². The number of carboxylic acid groups (broad SMARTS) is 1. The van der Waals surface area contributed by atoms with E-state index in [-0.39, 0.29) is 12.5 Å². The van der Waals surface area contributed by atoms with E-state index in [1.54, 1.807) is 0 Å². The summed E-state index contributed by atoms with van der Waals surface area (Å²) in [5.41, 5.74) is 0. The van der Waals surface area contributed by atoms with Crippen molar-refractivity contribution in [2.24, 2.45) is 0 Å². The molecule has 0 spiro atoms. The van der Waals surface area contributed by atoms with Crippen LogP contribution in [0.5, 0.6) is 0 Å². The van der Waals surface area contributed by atoms with E-state index in [2.05, 4.69) is 25.7 Å². The molecule has 0 heterocycles. The monoisotopic (exact) mass is 229 g/mol. The maximum atomic E-state index is 10.7. The second-order valence-corrected chi connectivity index (χ2v) is 4.48. The van der Waals surface area contributed by atoms with Crippen molar-refractivity contribution in [3.05, 3.63) is 0 Å². The highest BCUT2D eigenvalue weighted by atomic mass is 16.4. The summed E-state index contributed by atoms with van der Waals surface area (Å²) >= 11 is 0. The molecule has 0 saturated heterocycles. The van der Waals surface area contributed by atoms with Gasteiger partial charge in [0.05, 0.1) is 6.42 Å². The van der Waals surface area contributed by atoms with E-state index in [9.17, 15) is 4.79 Å². The molecule has 0 aromatic carbocycles. The molecule has 3 nitrogen and oxygen atoms in total. The summed E-state index contributed by atoms with van der Waals surface area (Å²) in [6.45, 7) is 9.47. The SMILES string of the molecule is CCCCC(CC)N(CC)C(C)CC(=O)O. The summed E-state index contributed by atoms with van der Waals surface area (Å²) < 4.78 is 0. The van der Waals surface area contributed by atoms with Crippen molar-refractivity contribution in [2.45, 2.75) is 71.9 Å². The van der Waals surface area contributed by atoms with Crippen LogP contribution in [-0.2, 0) is 4.79 Å². The first-order valence-corrected chi connectivity index (χ1v) is 6.54. The maximum Gasteiger partial charge on any atom is 0.304 e. The highest BCUT2D eigenvalue weighted by Crippen LogP contribution is 2.17. The molecule has 0 rings (SSSR count). The fourth-order valence-corrected chi connectivity index (χ4v) is 2.34. The third-order valence-electron chi connectivity index (χ3n) is 3.23. The number of rotatable bonds is 9. The van der Waals surface area contributed by atoms with Gasteiger partial charge < -0.3 is 5.11 Å². The lowest BCUT2D eigenvalue weighted by molar-refractivity contribution is -0.138. The van der Waals surface area contributed by atoms with Gasteiger partial charge in [0.2, 0.25) is 0 Å². The van der Waals surface area contributed by atoms with Gasteiger partial charge >= 0.3 is 5.97 Å². The van der Waals surface area contributed by atoms with E-state index < -0.39 is 5.97 Å². The Kier molecular flexibility index (Phi) is 8.26. The van der Waals surface area contributed by atoms with Crippen molar-refractivity contribution in [3.8, 4) is 0 Å². The highest BCUT2D eigenvalue weighted by molar-refractivity contribution is 5.67. The summed E-state index contributed by atoms with van der Waals surface area (Å²) in [5, 5.41) is 8.83. The Morgan fingerprint density at radius 1 is 1.31 bits per heavy atom. The van der Waals surface area contributed by atoms with Gasteiger partial charge in [-0.1, -0.05) is 33.6 Å². The minimum Gasteiger partial charge on any atom is -0.481 e. The van der Waals surface area contributed by atoms with Crippen LogP contribution in [0.2, 0.25) is 0 Å². The summed E-state index contributed by atoms with van der Waals surface area (Å²) in [6.07, 6.45) is 4.98. The third kappa shape index (κ3) is 5.50. The largest absolute Gasteiger partial charge is 0.481 e. The number of aliphatic carboxylic acids is 1. The number of unbranched alkanes of at least 4 members (excludes halogenated alkanes) is 1. The molecule has 0 saturated carbocycles. The van der Waals surface area contributed by atoms with Crippen LogP contribution in [0, 0.1) is 0 Å². The van der Waals surface area contributed by atoms with Gasteiger partial charge in [0, 0.05) is 12.1 Å². The molecule has 0 aliphatic heterocycles. The Labute approximate surface area is 99.8 Å². The van der Waals surface area contributed by atoms with Crippen LogP contribution in [0.4, 0.5) is 0 Å². The zero-order valence-electron chi connectivity index (χ0n) is 11.2. The van der Waals surface area contributed by atoms with Gasteiger partial charge in [-0.3, -0.25) is 9.69 Å². The Hall–Kier alpha value is -0.570. The lowest BCUT2D eigenvalue weighted by atomic mass is 10.0. The molecular weight excluding hydrogens is 202 g/mol. The van der Waals surface area contributed by atoms with E-state index >= 15 is 0 Å². The molecule has 96 valence electrons. The molecular formula is C13H27NO2. The first kappa shape index (κ1) is 15.4. The van der Waals surface area contributed by atoms with Gasteiger partial charge in [-0.15, -0.1) is 0 Å². The molecule has 3 heteroatoms. The number of nitrogens with zero attached hydrogens (tertiary/aromatic N) is 1. The van der Waals surface area contributed by atoms with Gasteiger partial charge in [-0.2, -0.15) is 0 Å². The van der Waals surface area contributed by atoms with Gasteiger partial charge in [0.25, 0.3) is 0 Å². The Bertz CT molecular complexity index is 194. The van der Waals surface area contributed by atoms with Crippen molar-refractivity contribution in [2.75, 3.05) is 6.54 Å². The Balaban J connectivity index is 4.34. The topological polar surface area (TPSA) is 40.5 Å². The lowest BCUT2D eigenvalue weighted by Crippen LogP contribution is -2.42. The average molecular weight is 229 g/mol. The quantitative estimate of drug-likeness (QED) is 0.660. The normalized spacial score (nSPS) is 15.1. The van der Waals surface area contributed by atoms with Gasteiger partial charge in [0.15, 0.2) is 0 Å². The summed E-state index contributed by atoms with van der Waals surface area (Å²) in [7, 11) is 0. The van der Waals surface area contributed by atoms with E-state index in [1.165, 1.54) is 19.3 Å². The van der Waals surface area contributed by atoms with E-state index in [1.807, 2.05) is 6.92 Å². The molecule has 1 N–H and O–H groups in total. The molecule has 2 unspecified atom stereocenters. The average Bonchev–Trinajstić information content (AvgIpc) is 2.22. The molecule has 0 radical (unpaired) electrons. The Morgan fingerprint density at radius 3 is 2.31 bits per heavy atom. The molecule has 0 bridgehead atoms. The van der Waals surface area contributed by atoms with Crippen LogP contribution in [0.25, 0.3) is 0 Å². The summed E-state index contributed by atoms with van der Waals surface area (Å²) in [5.74, 6) is -0.698. The number of carbonyl (C=O) groups is 1. The number of hydrogen-bond donors (Lipinski definition) is 1. The standard InChI is InChI=1S/C13H27NO2/c1-5-8-9-12(6-2)14(7-3)11(4)10-13(15)16/h11-12H,5-10H2,1-4H3,(H,15,16). The molecule has 0 aromatic heterocycles. The predicted molar refractivity (Wildman–Crippen MR) is 67.7 cm³/mol. The molecule has 0 aromatic rings. The molecule has 0 aliphatic rings. The molecule has 0 aliphatic carbocycles. The molecule has 0 fully saturated rings. The van der Waals surface area contributed by atoms with Crippen LogP contribution >= 0.6 is 0 Å². The zero-order valence-corrected chi connectivity index (χ0v) is 11.2. The third-order valence-corrected chi connectivity index (χ3v) is 3.23. The van der Waals surface area contributed by atoms with Crippen molar-refractivity contribution < 1.29 is 9.90 Å². The molecule has 16 heavy (non-hydrogen) atoms. The van der Waals surface area contributed by atoms with Gasteiger partial charge in [-0.25, -0.2) is 0 Å². The molecule has 0 amide bonds. The molecule has 2 atom stereocenters. The van der Waals surface area contributed by atoms with Crippen molar-refractivity contribution >= 4 is 5.97 Å². The maximum absolute atomic E-state index is 10.7. The van der Waals surface area contributed by atoms with Gasteiger partial charge in [-0.05, 0) is 26.3 Å². The van der Waals surface area contributed by atoms with Crippen LogP contribution in [-0.4, -0.2) is 34.6 Å². The first-order chi connectivity index (χ1) is 7.56. The lowest BCUT2D eigenvalue weighted by Gasteiger charge is -2.34. The minimum absolute atomic E-state index is 0.143. The van der Waals surface area contributed by atoms with E-state index in [0.29, 0.717) is 6.04 Å². The highest BCUT2D eigenvalue weighted by Gasteiger charge is 2.21. The van der Waals surface area contributed by atoms with Crippen LogP contribution in [0.1, 0.15) is 59.8 Å². The van der Waals surface area contributed by atoms with Crippen molar-refractivity contribution in [3.63, 3.8) is 0 Å². The smallest absolute Gasteiger partial charge is 0.304 e. The van der Waals surface area contributed by atoms with Crippen molar-refractivity contribution in [1.29, 1.82) is 0 Å². The second kappa shape index (κ2) is 8.57. The van der Waals surface area contributed by atoms with E-state index in [4.69, 9.17) is 5.11 Å². The first-order valence-electron chi connectivity index (χ1n) is 6.54. The summed E-state index contributed by atoms with van der Waals surface area (Å²) in [4.78, 5) is 13.1. The van der Waals surface area contributed by atoms with E-state index in [0.717, 1.165) is 13.0 Å². The Morgan fingerprint density at radius 2 is 1.94 bits per heavy atom. The summed E-state index contributed by atoms with van der Waals surface area (Å²) in [6, 6.07) is 0.684. The fourth-order valence-electron chi connectivity index (χ4n) is 2.34. The van der Waals surface area contributed by atoms with Crippen molar-refractivity contribution in [1.82, 2.24) is 4.90 Å². The minimum atomic E-state index is -0.698. The second-order valence-electron chi connectivity index (χ2n) is 4.48. The van der Waals surface area contributed by atoms with Crippen LogP contribution in [0.15, 0.2) is 0 Å².